The van der Waals surface area contributed by atoms with Crippen LogP contribution in [0.1, 0.15) is 36.0 Å². The summed E-state index contributed by atoms with van der Waals surface area (Å²) in [5.41, 5.74) is -13.6. The van der Waals surface area contributed by atoms with Crippen molar-refractivity contribution in [2.75, 3.05) is 0 Å². The normalized spacial score (nSPS) is 13.0. The van der Waals surface area contributed by atoms with Gasteiger partial charge in [0.05, 0.1) is 6.20 Å². The van der Waals surface area contributed by atoms with E-state index in [0.29, 0.717) is 11.4 Å². The third-order valence-corrected chi connectivity index (χ3v) is 10.5. The highest BCUT2D eigenvalue weighted by molar-refractivity contribution is 7.20. The number of Topliss-reactive ketones (excluding diaryl/α,β-unsaturated/α-hetero) is 1. The Morgan fingerprint density at radius 2 is 0.788 bits per heavy atom. The number of aromatic nitrogens is 2. The van der Waals surface area contributed by atoms with Gasteiger partial charge < -0.3 is 4.74 Å². The molecule has 0 bridgehead atoms. The first-order valence-electron chi connectivity index (χ1n) is 18.3. The van der Waals surface area contributed by atoms with Gasteiger partial charge in [-0.05, 0) is 25.7 Å². The van der Waals surface area contributed by atoms with Crippen LogP contribution in [0.5, 0.6) is 5.88 Å². The van der Waals surface area contributed by atoms with Crippen molar-refractivity contribution in [1.82, 2.24) is 4.98 Å². The van der Waals surface area contributed by atoms with E-state index in [1.165, 1.54) is 12.8 Å². The molecule has 1 fully saturated rings. The predicted octanol–water partition coefficient (Wildman–Crippen LogP) is 8.42. The molecule has 1 saturated carbocycles. The first-order chi connectivity index (χ1) is 31.0. The molecule has 0 aliphatic heterocycles. The molecule has 0 spiro atoms. The number of rotatable bonds is 9. The van der Waals surface area contributed by atoms with Crippen LogP contribution in [0.2, 0.25) is 0 Å². The summed E-state index contributed by atoms with van der Waals surface area (Å²) in [6, 6.07) is 9.33. The molecule has 7 rings (SSSR count). The lowest BCUT2D eigenvalue weighted by Crippen LogP contribution is -2.81. The first-order valence-corrected chi connectivity index (χ1v) is 18.3. The Balaban J connectivity index is 0.000000284. The average molecular weight is 962 g/mol. The molecule has 0 radical (unpaired) electrons. The lowest BCUT2D eigenvalue weighted by atomic mass is 9.12. The lowest BCUT2D eigenvalue weighted by Gasteiger charge is -2.44. The van der Waals surface area contributed by atoms with Crippen molar-refractivity contribution in [2.45, 2.75) is 38.3 Å². The molecular weight excluding hydrogens is 943 g/mol. The van der Waals surface area contributed by atoms with Crippen molar-refractivity contribution in [1.29, 1.82) is 0 Å². The number of ketones is 1. The number of carbonyl (C=O) groups excluding carboxylic acids is 1. The molecule has 0 amide bonds. The monoisotopic (exact) mass is 962 g/mol. The fraction of sp³-hybridized carbons (Fsp3) is 0.146. The van der Waals surface area contributed by atoms with Crippen LogP contribution in [0, 0.1) is 116 Å². The van der Waals surface area contributed by atoms with Gasteiger partial charge in [0.25, 0.3) is 0 Å². The van der Waals surface area contributed by atoms with E-state index in [2.05, 4.69) is 4.98 Å². The molecule has 1 aromatic heterocycles. The Labute approximate surface area is 355 Å². The Kier molecular flexibility index (Phi) is 13.8. The van der Waals surface area contributed by atoms with Gasteiger partial charge >= 0.3 is 5.88 Å². The largest absolute Gasteiger partial charge is 0.440 e. The second-order valence-corrected chi connectivity index (χ2v) is 14.2. The number of nitrogens with zero attached hydrogens (tertiary/aromatic N) is 2. The van der Waals surface area contributed by atoms with E-state index < -0.39 is 144 Å². The zero-order valence-electron chi connectivity index (χ0n) is 32.1. The zero-order chi connectivity index (χ0) is 48.8. The topological polar surface area (TPSA) is 43.1 Å². The second-order valence-electron chi connectivity index (χ2n) is 14.2. The van der Waals surface area contributed by atoms with E-state index in [1.807, 2.05) is 34.9 Å². The van der Waals surface area contributed by atoms with Gasteiger partial charge in [-0.15, -0.1) is 21.9 Å². The minimum absolute atomic E-state index is 0.0723. The van der Waals surface area contributed by atoms with Crippen molar-refractivity contribution >= 4 is 33.8 Å². The number of hydrogen-bond acceptors (Lipinski definition) is 3. The van der Waals surface area contributed by atoms with Gasteiger partial charge in [-0.2, -0.15) is 4.57 Å². The fourth-order valence-corrected chi connectivity index (χ4v) is 7.52. The first kappa shape index (κ1) is 48.8. The third kappa shape index (κ3) is 7.94. The van der Waals surface area contributed by atoms with Crippen LogP contribution in [0.15, 0.2) is 48.9 Å². The third-order valence-electron chi connectivity index (χ3n) is 10.5. The summed E-state index contributed by atoms with van der Waals surface area (Å²) in [7, 11) is 0. The molecule has 1 heterocycles. The molecule has 5 aromatic carbocycles. The van der Waals surface area contributed by atoms with Crippen LogP contribution in [0.3, 0.4) is 0 Å². The van der Waals surface area contributed by atoms with Crippen LogP contribution in [-0.4, -0.2) is 23.0 Å². The van der Waals surface area contributed by atoms with Gasteiger partial charge in [-0.1, -0.05) is 30.3 Å². The molecule has 66 heavy (non-hydrogen) atoms. The average Bonchev–Trinajstić information content (AvgIpc) is 3.83. The summed E-state index contributed by atoms with van der Waals surface area (Å²) in [6.07, 6.45) is 2.81. The minimum atomic E-state index is -7.22. The number of benzene rings is 5. The fourth-order valence-electron chi connectivity index (χ4n) is 7.52. The lowest BCUT2D eigenvalue weighted by molar-refractivity contribution is -0.689. The maximum absolute atomic E-state index is 15.4. The van der Waals surface area contributed by atoms with Crippen molar-refractivity contribution in [3.05, 3.63) is 171 Å². The minimum Gasteiger partial charge on any atom is -0.440 e. The van der Waals surface area contributed by atoms with Crippen LogP contribution in [0.25, 0.3) is 0 Å². The molecule has 0 unspecified atom stereocenters. The van der Waals surface area contributed by atoms with E-state index in [4.69, 9.17) is 4.74 Å². The molecule has 1 aliphatic carbocycles. The maximum Gasteiger partial charge on any atom is 0.387 e. The number of ether oxygens (including phenoxy) is 1. The molecule has 0 atom stereocenters. The second kappa shape index (κ2) is 18.7. The molecule has 1 aliphatic rings. The molecule has 6 aromatic rings. The van der Waals surface area contributed by atoms with Crippen molar-refractivity contribution in [2.24, 2.45) is 0 Å². The quantitative estimate of drug-likeness (QED) is 0.0366. The molecule has 348 valence electrons. The van der Waals surface area contributed by atoms with Gasteiger partial charge in [0.2, 0.25) is 12.3 Å². The SMILES string of the molecule is Fc1c(F)c(F)c([B-](c2c(F)c(F)c(F)c(F)c2F)(c2c(F)c(F)c(F)c(F)c2F)c2c(F)c(F)c(F)c(F)c2F)c(F)c1F.O=C(C[n+]1ccncc1OC1CCCC1)c1ccccc1. The van der Waals surface area contributed by atoms with Crippen molar-refractivity contribution in [3.8, 4) is 5.88 Å². The maximum atomic E-state index is 15.4. The molecule has 0 saturated heterocycles. The van der Waals surface area contributed by atoms with Crippen LogP contribution in [-0.2, 0) is 6.54 Å². The number of carbonyl (C=O) groups is 1. The number of hydrogen-bond donors (Lipinski definition) is 0. The Bertz CT molecular complexity index is 2530. The van der Waals surface area contributed by atoms with Gasteiger partial charge in [0.15, 0.2) is 76.0 Å². The Morgan fingerprint density at radius 3 is 1.11 bits per heavy atom. The molecule has 25 heteroatoms. The summed E-state index contributed by atoms with van der Waals surface area (Å²) in [5.74, 6) is -70.7. The van der Waals surface area contributed by atoms with Gasteiger partial charge in [-0.25, -0.2) is 92.8 Å². The summed E-state index contributed by atoms with van der Waals surface area (Å²) in [4.78, 5) is 16.4. The van der Waals surface area contributed by atoms with E-state index in [-0.39, 0.29) is 18.4 Å². The number of halogens is 20. The summed E-state index contributed by atoms with van der Waals surface area (Å²) < 4.78 is 302. The summed E-state index contributed by atoms with van der Waals surface area (Å²) in [6.45, 7) is 0.272. The molecule has 4 nitrogen and oxygen atoms in total. The zero-order valence-corrected chi connectivity index (χ0v) is 32.1. The highest BCUT2D eigenvalue weighted by atomic mass is 19.2. The van der Waals surface area contributed by atoms with E-state index in [1.54, 1.807) is 18.6 Å². The highest BCUT2D eigenvalue weighted by Gasteiger charge is 2.52. The Hall–Kier alpha value is -6.69. The van der Waals surface area contributed by atoms with E-state index in [9.17, 15) is 57.5 Å². The van der Waals surface area contributed by atoms with Gasteiger partial charge in [0.1, 0.15) is 65.0 Å². The summed E-state index contributed by atoms with van der Waals surface area (Å²) >= 11 is 0. The van der Waals surface area contributed by atoms with Gasteiger partial charge in [-0.3, -0.25) is 4.79 Å². The van der Waals surface area contributed by atoms with E-state index in [0.717, 1.165) is 12.8 Å². The standard InChI is InChI=1S/C24BF20.C17H19N2O2/c26-5-1(6(27)14(35)21(42)13(5)34)25(2-7(28)15(36)22(43)16(37)8(2)29,3-9(30)17(38)23(44)18(39)10(3)31)4-11(32)19(40)24(45)20(41)12(4)33;20-16(14-6-2-1-3-7-14)13-19-11-10-18-12-17(19)21-15-8-4-5-9-15/h;1-3,6-7,10-12,15H,4-5,8-9,13H2/q-1;+1. The predicted molar refractivity (Wildman–Crippen MR) is 187 cm³/mol. The van der Waals surface area contributed by atoms with Crippen molar-refractivity contribution in [3.63, 3.8) is 0 Å². The Morgan fingerprint density at radius 1 is 0.485 bits per heavy atom. The van der Waals surface area contributed by atoms with Crippen LogP contribution in [0.4, 0.5) is 87.8 Å². The highest BCUT2D eigenvalue weighted by Crippen LogP contribution is 2.31. The summed E-state index contributed by atoms with van der Waals surface area (Å²) in [5, 5.41) is 0. The van der Waals surface area contributed by atoms with Crippen LogP contribution < -0.4 is 31.2 Å². The van der Waals surface area contributed by atoms with E-state index >= 15 is 35.1 Å². The van der Waals surface area contributed by atoms with Crippen LogP contribution >= 0.6 is 0 Å². The molecule has 0 N–H and O–H groups in total. The van der Waals surface area contributed by atoms with Gasteiger partial charge in [0, 0.05) is 5.56 Å². The molecular formula is C41H19BF20N2O2. The van der Waals surface area contributed by atoms with Crippen molar-refractivity contribution < 1.29 is 102 Å². The smallest absolute Gasteiger partial charge is 0.387 e.